The Labute approximate surface area is 208 Å². The van der Waals surface area contributed by atoms with Crippen LogP contribution in [0, 0.1) is 16.7 Å². The number of pyridine rings is 1. The molecule has 1 unspecified atom stereocenters. The van der Waals surface area contributed by atoms with Crippen LogP contribution in [0.2, 0.25) is 0 Å². The molecule has 2 aliphatic rings. The molecule has 0 bridgehead atoms. The summed E-state index contributed by atoms with van der Waals surface area (Å²) in [6, 6.07) is 13.2. The highest BCUT2D eigenvalue weighted by atomic mass is 16.2. The number of rotatable bonds is 8. The quantitative estimate of drug-likeness (QED) is 0.569. The van der Waals surface area contributed by atoms with Gasteiger partial charge in [0.15, 0.2) is 0 Å². The second kappa shape index (κ2) is 11.3. The van der Waals surface area contributed by atoms with Crippen molar-refractivity contribution in [3.63, 3.8) is 0 Å². The number of benzene rings is 1. The van der Waals surface area contributed by atoms with Gasteiger partial charge in [0.25, 0.3) is 0 Å². The number of nitrogens with one attached hydrogen (secondary N) is 2. The molecule has 6 nitrogen and oxygen atoms in total. The van der Waals surface area contributed by atoms with E-state index in [9.17, 15) is 4.79 Å². The van der Waals surface area contributed by atoms with Crippen molar-refractivity contribution in [3.05, 3.63) is 77.5 Å². The first-order valence-corrected chi connectivity index (χ1v) is 12.5. The third-order valence-electron chi connectivity index (χ3n) is 6.95. The van der Waals surface area contributed by atoms with Gasteiger partial charge in [-0.1, -0.05) is 44.2 Å². The summed E-state index contributed by atoms with van der Waals surface area (Å²) in [6.45, 7) is 7.37. The van der Waals surface area contributed by atoms with Crippen molar-refractivity contribution in [2.75, 3.05) is 29.9 Å². The number of aromatic nitrogens is 1. The van der Waals surface area contributed by atoms with Gasteiger partial charge in [0.2, 0.25) is 5.91 Å². The molecule has 1 fully saturated rings. The fraction of sp³-hybridized carbons (Fsp3) is 0.414. The van der Waals surface area contributed by atoms with Crippen molar-refractivity contribution < 1.29 is 4.79 Å². The molecular weight excluding hydrogens is 434 g/mol. The predicted octanol–water partition coefficient (Wildman–Crippen LogP) is 5.00. The summed E-state index contributed by atoms with van der Waals surface area (Å²) in [5.41, 5.74) is 4.28. The minimum atomic E-state index is -0.448. The van der Waals surface area contributed by atoms with Crippen molar-refractivity contribution in [1.82, 2.24) is 10.3 Å². The van der Waals surface area contributed by atoms with Crippen LogP contribution in [0.5, 0.6) is 0 Å². The largest absolute Gasteiger partial charge is 0.370 e. The number of hydrogen-bond acceptors (Lipinski definition) is 5. The summed E-state index contributed by atoms with van der Waals surface area (Å²) in [7, 11) is 0. The molecule has 6 heteroatoms. The SMILES string of the molecule is CC1(C)CCN(c2ccc(NC(=O)C(NCCc3ccc(C#N)cc3)C3=CCCC=C3)nc2)CC1. The van der Waals surface area contributed by atoms with E-state index in [2.05, 4.69) is 52.6 Å². The summed E-state index contributed by atoms with van der Waals surface area (Å²) in [5.74, 6) is 0.456. The third-order valence-corrected chi connectivity index (χ3v) is 6.95. The highest BCUT2D eigenvalue weighted by molar-refractivity contribution is 5.96. The fourth-order valence-corrected chi connectivity index (χ4v) is 4.53. The maximum atomic E-state index is 13.3. The molecule has 182 valence electrons. The van der Waals surface area contributed by atoms with Gasteiger partial charge < -0.3 is 15.5 Å². The molecule has 35 heavy (non-hydrogen) atoms. The molecule has 1 amide bonds. The normalized spacial score (nSPS) is 17.9. The molecule has 2 heterocycles. The Morgan fingerprint density at radius 1 is 1.14 bits per heavy atom. The second-order valence-electron chi connectivity index (χ2n) is 10.2. The van der Waals surface area contributed by atoms with Crippen molar-refractivity contribution in [3.8, 4) is 6.07 Å². The zero-order chi connectivity index (χ0) is 24.7. The number of allylic oxidation sites excluding steroid dienone is 2. The highest BCUT2D eigenvalue weighted by Gasteiger charge is 2.26. The number of carbonyl (C=O) groups excluding carboxylic acids is 1. The van der Waals surface area contributed by atoms with E-state index in [4.69, 9.17) is 5.26 Å². The van der Waals surface area contributed by atoms with Gasteiger partial charge in [-0.2, -0.15) is 5.26 Å². The van der Waals surface area contributed by atoms with Crippen LogP contribution in [-0.4, -0.2) is 36.6 Å². The molecule has 0 spiro atoms. The highest BCUT2D eigenvalue weighted by Crippen LogP contribution is 2.32. The lowest BCUT2D eigenvalue weighted by atomic mass is 9.82. The van der Waals surface area contributed by atoms with E-state index in [1.807, 2.05) is 48.7 Å². The Morgan fingerprint density at radius 3 is 2.54 bits per heavy atom. The van der Waals surface area contributed by atoms with Gasteiger partial charge in [-0.15, -0.1) is 0 Å². The molecule has 1 aliphatic heterocycles. The van der Waals surface area contributed by atoms with Crippen molar-refractivity contribution in [2.45, 2.75) is 52.0 Å². The van der Waals surface area contributed by atoms with Gasteiger partial charge in [0, 0.05) is 19.6 Å². The van der Waals surface area contributed by atoms with Crippen LogP contribution >= 0.6 is 0 Å². The topological polar surface area (TPSA) is 81.0 Å². The molecular formula is C29H35N5O. The van der Waals surface area contributed by atoms with Crippen LogP contribution in [0.15, 0.2) is 66.4 Å². The van der Waals surface area contributed by atoms with Crippen LogP contribution in [0.4, 0.5) is 11.5 Å². The number of hydrogen-bond donors (Lipinski definition) is 2. The van der Waals surface area contributed by atoms with Gasteiger partial charge in [-0.3, -0.25) is 4.79 Å². The van der Waals surface area contributed by atoms with E-state index in [-0.39, 0.29) is 5.91 Å². The minimum Gasteiger partial charge on any atom is -0.370 e. The van der Waals surface area contributed by atoms with Crippen LogP contribution in [0.25, 0.3) is 0 Å². The lowest BCUT2D eigenvalue weighted by molar-refractivity contribution is -0.117. The Balaban J connectivity index is 1.37. The number of amides is 1. The van der Waals surface area contributed by atoms with E-state index in [1.54, 1.807) is 0 Å². The number of nitriles is 1. The van der Waals surface area contributed by atoms with Gasteiger partial charge in [0.05, 0.1) is 23.5 Å². The Kier molecular flexibility index (Phi) is 7.99. The van der Waals surface area contributed by atoms with Crippen LogP contribution in [0.3, 0.4) is 0 Å². The van der Waals surface area contributed by atoms with Crippen LogP contribution < -0.4 is 15.5 Å². The fourth-order valence-electron chi connectivity index (χ4n) is 4.53. The summed E-state index contributed by atoms with van der Waals surface area (Å²) >= 11 is 0. The second-order valence-corrected chi connectivity index (χ2v) is 10.2. The molecule has 2 aromatic rings. The van der Waals surface area contributed by atoms with Gasteiger partial charge in [-0.05, 0) is 72.9 Å². The molecule has 1 aliphatic carbocycles. The van der Waals surface area contributed by atoms with E-state index >= 15 is 0 Å². The zero-order valence-corrected chi connectivity index (χ0v) is 20.8. The summed E-state index contributed by atoms with van der Waals surface area (Å²) < 4.78 is 0. The maximum absolute atomic E-state index is 13.3. The molecule has 1 aromatic carbocycles. The number of piperidine rings is 1. The van der Waals surface area contributed by atoms with Crippen LogP contribution in [-0.2, 0) is 11.2 Å². The number of carbonyl (C=O) groups is 1. The van der Waals surface area contributed by atoms with Gasteiger partial charge >= 0.3 is 0 Å². The van der Waals surface area contributed by atoms with Gasteiger partial charge in [-0.25, -0.2) is 4.98 Å². The minimum absolute atomic E-state index is 0.109. The summed E-state index contributed by atoms with van der Waals surface area (Å²) in [5, 5.41) is 15.4. The molecule has 1 atom stereocenters. The number of nitrogens with zero attached hydrogens (tertiary/aromatic N) is 3. The molecule has 4 rings (SSSR count). The molecule has 1 saturated heterocycles. The average Bonchev–Trinajstić information content (AvgIpc) is 2.88. The molecule has 0 radical (unpaired) electrons. The lowest BCUT2D eigenvalue weighted by Gasteiger charge is -2.38. The Bertz CT molecular complexity index is 1100. The van der Waals surface area contributed by atoms with E-state index < -0.39 is 6.04 Å². The van der Waals surface area contributed by atoms with Crippen molar-refractivity contribution in [2.24, 2.45) is 5.41 Å². The van der Waals surface area contributed by atoms with E-state index in [0.29, 0.717) is 23.3 Å². The zero-order valence-electron chi connectivity index (χ0n) is 20.8. The molecule has 1 aromatic heterocycles. The standard InChI is InChI=1S/C29H35N5O/c1-29(2)15-18-34(19-16-29)25-12-13-26(32-21-25)33-28(35)27(24-6-4-3-5-7-24)31-17-14-22-8-10-23(20-30)11-9-22/h4,6-13,21,27,31H,3,5,14-19H2,1-2H3,(H,32,33,35). The van der Waals surface area contributed by atoms with E-state index in [0.717, 1.165) is 49.2 Å². The monoisotopic (exact) mass is 469 g/mol. The Morgan fingerprint density at radius 2 is 1.91 bits per heavy atom. The summed E-state index contributed by atoms with van der Waals surface area (Å²) in [4.78, 5) is 20.2. The summed E-state index contributed by atoms with van der Waals surface area (Å²) in [6.07, 6.45) is 13.2. The maximum Gasteiger partial charge on any atom is 0.247 e. The first-order valence-electron chi connectivity index (χ1n) is 12.5. The van der Waals surface area contributed by atoms with Gasteiger partial charge in [0.1, 0.15) is 11.9 Å². The molecule has 2 N–H and O–H groups in total. The lowest BCUT2D eigenvalue weighted by Crippen LogP contribution is -2.43. The third kappa shape index (κ3) is 6.80. The first-order chi connectivity index (χ1) is 16.9. The average molecular weight is 470 g/mol. The smallest absolute Gasteiger partial charge is 0.247 e. The van der Waals surface area contributed by atoms with Crippen LogP contribution in [0.1, 0.15) is 50.7 Å². The predicted molar refractivity (Wildman–Crippen MR) is 141 cm³/mol. The molecule has 0 saturated carbocycles. The van der Waals surface area contributed by atoms with Crippen molar-refractivity contribution >= 4 is 17.4 Å². The van der Waals surface area contributed by atoms with E-state index in [1.165, 1.54) is 12.8 Å². The Hall–Kier alpha value is -3.43. The number of anilines is 2. The van der Waals surface area contributed by atoms with Crippen molar-refractivity contribution in [1.29, 1.82) is 5.26 Å². The first kappa shape index (κ1) is 24.7.